The predicted octanol–water partition coefficient (Wildman–Crippen LogP) is 3.25. The summed E-state index contributed by atoms with van der Waals surface area (Å²) in [6.45, 7) is 1.56. The first-order valence-electron chi connectivity index (χ1n) is 11.5. The summed E-state index contributed by atoms with van der Waals surface area (Å²) in [5, 5.41) is 15.5. The molecular weight excluding hydrogens is 390 g/mol. The van der Waals surface area contributed by atoms with Crippen molar-refractivity contribution < 1.29 is 9.90 Å². The number of nitrogens with zero attached hydrogens (tertiary/aromatic N) is 2. The second kappa shape index (κ2) is 8.85. The molecule has 5 rings (SSSR count). The number of aliphatic hydroxyl groups excluding tert-OH is 1. The van der Waals surface area contributed by atoms with Crippen molar-refractivity contribution in [2.24, 2.45) is 5.92 Å². The van der Waals surface area contributed by atoms with Crippen molar-refractivity contribution in [3.05, 3.63) is 47.8 Å². The summed E-state index contributed by atoms with van der Waals surface area (Å²) in [5.74, 6) is 0.673. The molecule has 0 spiro atoms. The third kappa shape index (κ3) is 4.12. The summed E-state index contributed by atoms with van der Waals surface area (Å²) in [6.07, 6.45) is 13.2. The molecule has 7 nitrogen and oxygen atoms in total. The highest BCUT2D eigenvalue weighted by molar-refractivity contribution is 5.97. The monoisotopic (exact) mass is 421 g/mol. The van der Waals surface area contributed by atoms with Crippen molar-refractivity contribution in [1.29, 1.82) is 0 Å². The fourth-order valence-electron chi connectivity index (χ4n) is 5.39. The largest absolute Gasteiger partial charge is 0.395 e. The van der Waals surface area contributed by atoms with E-state index in [1.54, 1.807) is 11.9 Å². The summed E-state index contributed by atoms with van der Waals surface area (Å²) in [6, 6.07) is 6.53. The Morgan fingerprint density at radius 3 is 2.71 bits per heavy atom. The number of fused-ring (bicyclic) bond motifs is 1. The first-order chi connectivity index (χ1) is 15.2. The van der Waals surface area contributed by atoms with E-state index in [1.807, 2.05) is 23.1 Å². The van der Waals surface area contributed by atoms with E-state index in [2.05, 4.69) is 32.8 Å². The van der Waals surface area contributed by atoms with Gasteiger partial charge in [-0.1, -0.05) is 17.7 Å². The van der Waals surface area contributed by atoms with Gasteiger partial charge in [-0.05, 0) is 68.2 Å². The van der Waals surface area contributed by atoms with E-state index in [4.69, 9.17) is 5.11 Å². The number of carbonyl (C=O) groups is 1. The van der Waals surface area contributed by atoms with Crippen LogP contribution in [0.25, 0.3) is 11.0 Å². The molecule has 31 heavy (non-hydrogen) atoms. The van der Waals surface area contributed by atoms with E-state index in [1.165, 1.54) is 31.3 Å². The van der Waals surface area contributed by atoms with Crippen LogP contribution in [-0.4, -0.2) is 52.9 Å². The minimum absolute atomic E-state index is 0.0340. The number of urea groups is 1. The molecule has 1 aromatic heterocycles. The van der Waals surface area contributed by atoms with Crippen LogP contribution in [0, 0.1) is 5.92 Å². The van der Waals surface area contributed by atoms with Gasteiger partial charge in [0.05, 0.1) is 30.0 Å². The number of aromatic amines is 1. The molecule has 2 fully saturated rings. The smallest absolute Gasteiger partial charge is 0.322 e. The van der Waals surface area contributed by atoms with E-state index in [9.17, 15) is 4.79 Å². The molecule has 3 aliphatic rings. The molecule has 1 aromatic carbocycles. The number of aliphatic hydroxyl groups is 1. The van der Waals surface area contributed by atoms with Crippen LogP contribution in [0.4, 0.5) is 10.5 Å². The van der Waals surface area contributed by atoms with Crippen molar-refractivity contribution in [2.75, 3.05) is 24.6 Å². The van der Waals surface area contributed by atoms with Gasteiger partial charge in [0.1, 0.15) is 0 Å². The van der Waals surface area contributed by atoms with E-state index in [-0.39, 0.29) is 18.7 Å². The van der Waals surface area contributed by atoms with Gasteiger partial charge in [-0.25, -0.2) is 9.78 Å². The first kappa shape index (κ1) is 20.3. The van der Waals surface area contributed by atoms with Crippen LogP contribution in [0.3, 0.4) is 0 Å². The number of nitrogens with one attached hydrogen (secondary N) is 3. The SMILES string of the molecule is O=C1NCC(C2=CC=C(C3CCC(NCCO)CC3)CC2)N1c1ccc2nc[nH]c2c1. The van der Waals surface area contributed by atoms with E-state index < -0.39 is 0 Å². The Bertz CT molecular complexity index is 1000. The zero-order chi connectivity index (χ0) is 21.2. The maximum Gasteiger partial charge on any atom is 0.322 e. The lowest BCUT2D eigenvalue weighted by atomic mass is 9.77. The normalized spacial score (nSPS) is 26.7. The highest BCUT2D eigenvalue weighted by Gasteiger charge is 2.35. The number of hydrogen-bond donors (Lipinski definition) is 4. The Labute approximate surface area is 182 Å². The molecule has 1 saturated heterocycles. The van der Waals surface area contributed by atoms with Crippen LogP contribution in [0.15, 0.2) is 47.8 Å². The van der Waals surface area contributed by atoms with Gasteiger partial charge in [0.15, 0.2) is 0 Å². The van der Waals surface area contributed by atoms with Gasteiger partial charge in [-0.15, -0.1) is 0 Å². The lowest BCUT2D eigenvalue weighted by molar-refractivity contribution is 0.252. The third-order valence-electron chi connectivity index (χ3n) is 7.10. The zero-order valence-corrected chi connectivity index (χ0v) is 17.8. The molecule has 1 aliphatic heterocycles. The fourth-order valence-corrected chi connectivity index (χ4v) is 5.39. The quantitative estimate of drug-likeness (QED) is 0.576. The molecule has 4 N–H and O–H groups in total. The lowest BCUT2D eigenvalue weighted by Crippen LogP contribution is -2.36. The number of H-pyrrole nitrogens is 1. The standard InChI is InChI=1S/C24H31N5O2/c30-12-11-25-19-7-5-17(6-8-19)16-1-3-18(4-2-16)23-14-26-24(31)29(23)20-9-10-21-22(13-20)28-15-27-21/h1,3,9-10,13,15,17,19,23,25,30H,2,4-8,11-12,14H2,(H,26,31)(H,27,28). The summed E-state index contributed by atoms with van der Waals surface area (Å²) in [5.41, 5.74) is 5.64. The Hall–Kier alpha value is -2.64. The number of hydrogen-bond acceptors (Lipinski definition) is 4. The molecule has 2 aromatic rings. The molecule has 0 radical (unpaired) electrons. The molecule has 0 bridgehead atoms. The highest BCUT2D eigenvalue weighted by Crippen LogP contribution is 2.37. The van der Waals surface area contributed by atoms with Crippen LogP contribution in [-0.2, 0) is 0 Å². The van der Waals surface area contributed by atoms with Gasteiger partial charge >= 0.3 is 6.03 Å². The number of carbonyl (C=O) groups excluding carboxylic acids is 1. The molecule has 1 atom stereocenters. The van der Waals surface area contributed by atoms with Crippen molar-refractivity contribution in [3.8, 4) is 0 Å². The summed E-state index contributed by atoms with van der Waals surface area (Å²) in [4.78, 5) is 22.0. The summed E-state index contributed by atoms with van der Waals surface area (Å²) in [7, 11) is 0. The second-order valence-electron chi connectivity index (χ2n) is 8.89. The van der Waals surface area contributed by atoms with Crippen molar-refractivity contribution in [3.63, 3.8) is 0 Å². The first-order valence-corrected chi connectivity index (χ1v) is 11.5. The van der Waals surface area contributed by atoms with E-state index in [0.29, 0.717) is 25.0 Å². The van der Waals surface area contributed by atoms with Crippen LogP contribution in [0.1, 0.15) is 38.5 Å². The van der Waals surface area contributed by atoms with Crippen molar-refractivity contribution in [1.82, 2.24) is 20.6 Å². The second-order valence-corrected chi connectivity index (χ2v) is 8.89. The molecule has 2 aliphatic carbocycles. The molecule has 1 saturated carbocycles. The average molecular weight is 422 g/mol. The Morgan fingerprint density at radius 1 is 1.13 bits per heavy atom. The maximum atomic E-state index is 12.6. The minimum atomic E-state index is -0.0340. The molecule has 164 valence electrons. The number of amides is 2. The van der Waals surface area contributed by atoms with Gasteiger partial charge in [-0.2, -0.15) is 0 Å². The topological polar surface area (TPSA) is 93.3 Å². The van der Waals surface area contributed by atoms with Gasteiger partial charge in [0, 0.05) is 24.8 Å². The summed E-state index contributed by atoms with van der Waals surface area (Å²) < 4.78 is 0. The minimum Gasteiger partial charge on any atom is -0.395 e. The Kier molecular flexibility index (Phi) is 5.78. The average Bonchev–Trinajstić information content (AvgIpc) is 3.44. The Balaban J connectivity index is 1.28. The van der Waals surface area contributed by atoms with Gasteiger partial charge in [-0.3, -0.25) is 4.90 Å². The third-order valence-corrected chi connectivity index (χ3v) is 7.10. The van der Waals surface area contributed by atoms with E-state index >= 15 is 0 Å². The van der Waals surface area contributed by atoms with Gasteiger partial charge < -0.3 is 20.7 Å². The number of anilines is 1. The molecular formula is C24H31N5O2. The number of imidazole rings is 1. The zero-order valence-electron chi connectivity index (χ0n) is 17.8. The van der Waals surface area contributed by atoms with Crippen molar-refractivity contribution in [2.45, 2.75) is 50.6 Å². The summed E-state index contributed by atoms with van der Waals surface area (Å²) >= 11 is 0. The number of benzene rings is 1. The molecule has 2 heterocycles. The van der Waals surface area contributed by atoms with Crippen LogP contribution >= 0.6 is 0 Å². The molecule has 7 heteroatoms. The van der Waals surface area contributed by atoms with E-state index in [0.717, 1.165) is 29.6 Å². The molecule has 2 amide bonds. The number of rotatable bonds is 6. The van der Waals surface area contributed by atoms with Crippen LogP contribution < -0.4 is 15.5 Å². The predicted molar refractivity (Wildman–Crippen MR) is 122 cm³/mol. The van der Waals surface area contributed by atoms with Gasteiger partial charge in [0.2, 0.25) is 0 Å². The number of aromatic nitrogens is 2. The van der Waals surface area contributed by atoms with Gasteiger partial charge in [0.25, 0.3) is 0 Å². The van der Waals surface area contributed by atoms with Crippen molar-refractivity contribution >= 4 is 22.8 Å². The maximum absolute atomic E-state index is 12.6. The number of allylic oxidation sites excluding steroid dienone is 3. The Morgan fingerprint density at radius 2 is 1.94 bits per heavy atom. The van der Waals surface area contributed by atoms with Crippen LogP contribution in [0.2, 0.25) is 0 Å². The lowest BCUT2D eigenvalue weighted by Gasteiger charge is -2.33. The van der Waals surface area contributed by atoms with Crippen LogP contribution in [0.5, 0.6) is 0 Å². The highest BCUT2D eigenvalue weighted by atomic mass is 16.3. The fraction of sp³-hybridized carbons (Fsp3) is 0.500. The molecule has 1 unspecified atom stereocenters.